The predicted molar refractivity (Wildman–Crippen MR) is 104 cm³/mol. The number of nitrogens with zero attached hydrogens (tertiary/aromatic N) is 5. The molecule has 0 amide bonds. The fourth-order valence-corrected chi connectivity index (χ4v) is 3.37. The molecule has 1 aliphatic rings. The number of aliphatic hydroxyl groups excluding tert-OH is 3. The number of non-ortho nitro benzene ring substituents is 1. The van der Waals surface area contributed by atoms with Gasteiger partial charge in [0.2, 0.25) is 0 Å². The van der Waals surface area contributed by atoms with Crippen LogP contribution >= 0.6 is 11.6 Å². The van der Waals surface area contributed by atoms with E-state index in [1.54, 1.807) is 6.92 Å². The van der Waals surface area contributed by atoms with E-state index in [0.29, 0.717) is 12.2 Å². The lowest BCUT2D eigenvalue weighted by atomic mass is 10.1. The molecule has 1 aromatic heterocycles. The van der Waals surface area contributed by atoms with Crippen molar-refractivity contribution in [2.75, 3.05) is 11.9 Å². The lowest BCUT2D eigenvalue weighted by Crippen LogP contribution is -2.35. The molecule has 0 aliphatic heterocycles. The maximum atomic E-state index is 10.9. The van der Waals surface area contributed by atoms with Crippen molar-refractivity contribution in [1.82, 2.24) is 9.97 Å². The van der Waals surface area contributed by atoms with E-state index in [2.05, 4.69) is 25.5 Å². The van der Waals surface area contributed by atoms with E-state index in [0.717, 1.165) is 0 Å². The third-order valence-corrected chi connectivity index (χ3v) is 4.88. The minimum absolute atomic E-state index is 0.000856. The van der Waals surface area contributed by atoms with Crippen LogP contribution in [0.5, 0.6) is 0 Å². The third kappa shape index (κ3) is 4.65. The maximum Gasteiger partial charge on any atom is 0.271 e. The zero-order valence-electron chi connectivity index (χ0n) is 15.3. The highest BCUT2D eigenvalue weighted by atomic mass is 35.5. The van der Waals surface area contributed by atoms with Crippen LogP contribution in [0.4, 0.5) is 22.9 Å². The Morgan fingerprint density at radius 2 is 2.07 bits per heavy atom. The highest BCUT2D eigenvalue weighted by Gasteiger charge is 2.41. The molecule has 1 heterocycles. The van der Waals surface area contributed by atoms with Gasteiger partial charge < -0.3 is 20.6 Å². The number of hydrogen-bond acceptors (Lipinski definition) is 10. The van der Waals surface area contributed by atoms with E-state index >= 15 is 0 Å². The molecule has 29 heavy (non-hydrogen) atoms. The van der Waals surface area contributed by atoms with Crippen LogP contribution in [0.3, 0.4) is 0 Å². The van der Waals surface area contributed by atoms with Gasteiger partial charge in [0.1, 0.15) is 11.9 Å². The minimum Gasteiger partial charge on any atom is -0.396 e. The zero-order valence-corrected chi connectivity index (χ0v) is 16.1. The van der Waals surface area contributed by atoms with E-state index in [-0.39, 0.29) is 34.6 Å². The number of nitro groups is 1. The minimum atomic E-state index is -1.12. The highest BCUT2D eigenvalue weighted by molar-refractivity contribution is 6.32. The van der Waals surface area contributed by atoms with Gasteiger partial charge in [0.25, 0.3) is 5.69 Å². The summed E-state index contributed by atoms with van der Waals surface area (Å²) in [4.78, 5) is 18.6. The average molecular weight is 423 g/mol. The first kappa shape index (κ1) is 21.0. The summed E-state index contributed by atoms with van der Waals surface area (Å²) in [6, 6.07) is 5.00. The van der Waals surface area contributed by atoms with Crippen molar-refractivity contribution in [2.45, 2.75) is 31.6 Å². The van der Waals surface area contributed by atoms with E-state index in [1.165, 1.54) is 24.3 Å². The Labute approximate surface area is 170 Å². The van der Waals surface area contributed by atoms with Gasteiger partial charge in [0, 0.05) is 24.7 Å². The number of aromatic nitrogens is 2. The summed E-state index contributed by atoms with van der Waals surface area (Å²) in [5.41, 5.74) is 0.181. The average Bonchev–Trinajstić information content (AvgIpc) is 2.95. The summed E-state index contributed by atoms with van der Waals surface area (Å²) in [6.07, 6.45) is -1.89. The largest absolute Gasteiger partial charge is 0.396 e. The molecule has 154 valence electrons. The quantitative estimate of drug-likeness (QED) is 0.238. The first-order valence-corrected chi connectivity index (χ1v) is 9.11. The van der Waals surface area contributed by atoms with E-state index in [9.17, 15) is 25.4 Å². The number of azo groups is 1. The smallest absolute Gasteiger partial charge is 0.271 e. The van der Waals surface area contributed by atoms with Crippen LogP contribution in [-0.2, 0) is 0 Å². The Bertz CT molecular complexity index is 943. The first-order chi connectivity index (χ1) is 13.8. The van der Waals surface area contributed by atoms with Crippen LogP contribution in [0, 0.1) is 23.0 Å². The van der Waals surface area contributed by atoms with Crippen LogP contribution in [0.2, 0.25) is 5.15 Å². The summed E-state index contributed by atoms with van der Waals surface area (Å²) >= 11 is 6.18. The van der Waals surface area contributed by atoms with Crippen LogP contribution in [0.15, 0.2) is 34.5 Å². The van der Waals surface area contributed by atoms with Crippen molar-refractivity contribution >= 4 is 34.5 Å². The molecule has 4 N–H and O–H groups in total. The molecule has 1 fully saturated rings. The topological polar surface area (TPSA) is 166 Å². The molecule has 1 aliphatic carbocycles. The fraction of sp³-hybridized carbons (Fsp3) is 0.412. The van der Waals surface area contributed by atoms with Gasteiger partial charge in [-0.15, -0.1) is 5.11 Å². The number of hydrogen-bond donors (Lipinski definition) is 4. The summed E-state index contributed by atoms with van der Waals surface area (Å²) < 4.78 is 0. The number of nitrogens with one attached hydrogen (secondary N) is 1. The van der Waals surface area contributed by atoms with Gasteiger partial charge in [0.05, 0.1) is 22.8 Å². The molecule has 1 aromatic carbocycles. The Balaban J connectivity index is 1.90. The second-order valence-electron chi connectivity index (χ2n) is 6.65. The van der Waals surface area contributed by atoms with Crippen LogP contribution in [0.1, 0.15) is 12.2 Å². The van der Waals surface area contributed by atoms with E-state index in [4.69, 9.17) is 11.6 Å². The van der Waals surface area contributed by atoms with Crippen molar-refractivity contribution in [1.29, 1.82) is 0 Å². The molecule has 3 rings (SSSR count). The molecule has 1 saturated carbocycles. The van der Waals surface area contributed by atoms with Crippen molar-refractivity contribution < 1.29 is 20.2 Å². The van der Waals surface area contributed by atoms with Gasteiger partial charge in [0.15, 0.2) is 16.7 Å². The van der Waals surface area contributed by atoms with Gasteiger partial charge in [-0.25, -0.2) is 9.97 Å². The second-order valence-corrected chi connectivity index (χ2v) is 7.00. The summed E-state index contributed by atoms with van der Waals surface area (Å²) in [5.74, 6) is 0.0564. The molecule has 4 atom stereocenters. The van der Waals surface area contributed by atoms with Crippen molar-refractivity contribution in [3.8, 4) is 0 Å². The Hall–Kier alpha value is -2.73. The van der Waals surface area contributed by atoms with Crippen molar-refractivity contribution in [2.24, 2.45) is 16.1 Å². The molecule has 0 radical (unpaired) electrons. The van der Waals surface area contributed by atoms with Crippen molar-refractivity contribution in [3.05, 3.63) is 45.4 Å². The molecule has 0 spiro atoms. The van der Waals surface area contributed by atoms with Gasteiger partial charge in [-0.2, -0.15) is 5.11 Å². The number of nitro benzene ring substituents is 1. The number of halogens is 1. The van der Waals surface area contributed by atoms with Crippen LogP contribution in [-0.4, -0.2) is 55.1 Å². The molecule has 0 bridgehead atoms. The zero-order chi connectivity index (χ0) is 21.1. The molecular weight excluding hydrogens is 404 g/mol. The molecular formula is C17H19ClN6O5. The Morgan fingerprint density at radius 1 is 1.31 bits per heavy atom. The van der Waals surface area contributed by atoms with Crippen LogP contribution < -0.4 is 5.32 Å². The number of benzene rings is 1. The standard InChI is InChI=1S/C17H19ClN6O5/c1-8-19-16(18)13(23-22-10-3-2-4-11(6-10)24(28)29)17(20-8)21-12-5-9(7-25)14(26)15(12)27/h2-4,6,9,12,14-15,25-27H,5,7H2,1H3,(H,19,20,21)/b23-22+/t9-,12-,14-,15+/m1/s1. The number of aliphatic hydroxyl groups is 3. The molecule has 0 unspecified atom stereocenters. The second kappa shape index (κ2) is 8.74. The van der Waals surface area contributed by atoms with E-state index < -0.39 is 29.1 Å². The lowest BCUT2D eigenvalue weighted by Gasteiger charge is -2.19. The first-order valence-electron chi connectivity index (χ1n) is 8.74. The number of aryl methyl sites for hydroxylation is 1. The van der Waals surface area contributed by atoms with Gasteiger partial charge in [-0.3, -0.25) is 10.1 Å². The van der Waals surface area contributed by atoms with Gasteiger partial charge in [-0.05, 0) is 19.4 Å². The number of rotatable bonds is 6. The molecule has 11 nitrogen and oxygen atoms in total. The Morgan fingerprint density at radius 3 is 2.72 bits per heavy atom. The highest BCUT2D eigenvalue weighted by Crippen LogP contribution is 2.35. The van der Waals surface area contributed by atoms with E-state index in [1.807, 2.05) is 0 Å². The molecule has 12 heteroatoms. The molecule has 2 aromatic rings. The predicted octanol–water partition coefficient (Wildman–Crippen LogP) is 2.28. The third-order valence-electron chi connectivity index (χ3n) is 4.62. The normalized spacial score (nSPS) is 24.2. The molecule has 0 saturated heterocycles. The van der Waals surface area contributed by atoms with Gasteiger partial charge >= 0.3 is 0 Å². The maximum absolute atomic E-state index is 10.9. The van der Waals surface area contributed by atoms with Crippen LogP contribution in [0.25, 0.3) is 0 Å². The van der Waals surface area contributed by atoms with Crippen molar-refractivity contribution in [3.63, 3.8) is 0 Å². The number of anilines is 1. The summed E-state index contributed by atoms with van der Waals surface area (Å²) in [7, 11) is 0. The summed E-state index contributed by atoms with van der Waals surface area (Å²) in [6.45, 7) is 1.36. The summed E-state index contributed by atoms with van der Waals surface area (Å²) in [5, 5.41) is 51.4. The van der Waals surface area contributed by atoms with Gasteiger partial charge in [-0.1, -0.05) is 17.7 Å². The lowest BCUT2D eigenvalue weighted by molar-refractivity contribution is -0.384. The SMILES string of the molecule is Cc1nc(Cl)c(/N=N/c2cccc([N+](=O)[O-])c2)c(N[C@@H]2C[C@H](CO)[C@@H](O)[C@H]2O)n1. The monoisotopic (exact) mass is 422 g/mol. The fourth-order valence-electron chi connectivity index (χ4n) is 3.12. The Kier molecular flexibility index (Phi) is 6.33.